The van der Waals surface area contributed by atoms with Crippen molar-refractivity contribution < 1.29 is 19.3 Å². The molecule has 4 rings (SSSR count). The van der Waals surface area contributed by atoms with Gasteiger partial charge in [0.05, 0.1) is 25.3 Å². The Hall–Kier alpha value is -4.47. The Bertz CT molecular complexity index is 1340. The summed E-state index contributed by atoms with van der Waals surface area (Å²) < 4.78 is 17.3. The molecule has 0 atom stereocenters. The molecule has 6 heteroatoms. The van der Waals surface area contributed by atoms with Crippen molar-refractivity contribution in [3.05, 3.63) is 107 Å². The summed E-state index contributed by atoms with van der Waals surface area (Å²) in [5, 5.41) is 23.2. The lowest BCUT2D eigenvalue weighted by Gasteiger charge is -2.17. The first-order valence-electron chi connectivity index (χ1n) is 11.6. The minimum absolute atomic E-state index is 0.223. The number of nitriles is 1. The van der Waals surface area contributed by atoms with Crippen molar-refractivity contribution in [3.8, 4) is 40.2 Å². The summed E-state index contributed by atoms with van der Waals surface area (Å²) in [6.45, 7) is 1.19. The predicted octanol–water partition coefficient (Wildman–Crippen LogP) is 5.82. The van der Waals surface area contributed by atoms with Crippen LogP contribution in [0.4, 0.5) is 0 Å². The lowest BCUT2D eigenvalue weighted by Crippen LogP contribution is -2.14. The fraction of sp³-hybridized carbons (Fsp3) is 0.167. The van der Waals surface area contributed by atoms with Gasteiger partial charge in [-0.2, -0.15) is 5.26 Å². The van der Waals surface area contributed by atoms with Gasteiger partial charge in [0.1, 0.15) is 35.7 Å². The molecule has 0 unspecified atom stereocenters. The van der Waals surface area contributed by atoms with Crippen LogP contribution in [-0.2, 0) is 19.7 Å². The molecule has 0 spiro atoms. The number of ether oxygens (including phenoxy) is 3. The molecule has 0 aromatic heterocycles. The zero-order valence-corrected chi connectivity index (χ0v) is 20.3. The molecule has 182 valence electrons. The van der Waals surface area contributed by atoms with Gasteiger partial charge in [-0.15, -0.1) is 0 Å². The van der Waals surface area contributed by atoms with E-state index in [0.29, 0.717) is 35.9 Å². The van der Waals surface area contributed by atoms with Crippen molar-refractivity contribution in [2.75, 3.05) is 14.2 Å². The smallest absolute Gasteiger partial charge is 0.130 e. The van der Waals surface area contributed by atoms with Crippen LogP contribution in [0.3, 0.4) is 0 Å². The van der Waals surface area contributed by atoms with Crippen molar-refractivity contribution >= 4 is 0 Å². The monoisotopic (exact) mass is 480 g/mol. The van der Waals surface area contributed by atoms with Crippen LogP contribution in [0.5, 0.6) is 23.0 Å². The second-order valence-corrected chi connectivity index (χ2v) is 8.14. The van der Waals surface area contributed by atoms with E-state index in [0.717, 1.165) is 27.8 Å². The van der Waals surface area contributed by atoms with Crippen LogP contribution < -0.4 is 19.5 Å². The predicted molar refractivity (Wildman–Crippen MR) is 139 cm³/mol. The normalized spacial score (nSPS) is 10.5. The summed E-state index contributed by atoms with van der Waals surface area (Å²) in [5.74, 6) is 2.06. The molecule has 0 saturated carbocycles. The molecule has 0 amide bonds. The van der Waals surface area contributed by atoms with Crippen LogP contribution in [-0.4, -0.2) is 19.3 Å². The van der Waals surface area contributed by atoms with Gasteiger partial charge in [-0.1, -0.05) is 66.7 Å². The highest BCUT2D eigenvalue weighted by Gasteiger charge is 2.15. The SMILES string of the molecule is COc1cc(OCc2cccc(-c3ccccc3)c2C#N)cc(OC)c1CNCc1ccccc1O. The zero-order valence-electron chi connectivity index (χ0n) is 20.3. The number of para-hydroxylation sites is 1. The highest BCUT2D eigenvalue weighted by molar-refractivity contribution is 5.72. The van der Waals surface area contributed by atoms with Gasteiger partial charge in [0, 0.05) is 36.3 Å². The average Bonchev–Trinajstić information content (AvgIpc) is 2.93. The van der Waals surface area contributed by atoms with Gasteiger partial charge in [-0.25, -0.2) is 0 Å². The highest BCUT2D eigenvalue weighted by atomic mass is 16.5. The van der Waals surface area contributed by atoms with E-state index in [9.17, 15) is 10.4 Å². The van der Waals surface area contributed by atoms with E-state index in [1.165, 1.54) is 0 Å². The number of methoxy groups -OCH3 is 2. The third-order valence-corrected chi connectivity index (χ3v) is 5.93. The molecule has 0 aliphatic heterocycles. The van der Waals surface area contributed by atoms with Crippen molar-refractivity contribution in [1.29, 1.82) is 5.26 Å². The quantitative estimate of drug-likeness (QED) is 0.298. The number of rotatable bonds is 10. The van der Waals surface area contributed by atoms with E-state index < -0.39 is 0 Å². The Balaban J connectivity index is 1.52. The first-order valence-corrected chi connectivity index (χ1v) is 11.6. The lowest BCUT2D eigenvalue weighted by molar-refractivity contribution is 0.299. The minimum Gasteiger partial charge on any atom is -0.508 e. The summed E-state index contributed by atoms with van der Waals surface area (Å²) in [5.41, 5.74) is 4.89. The van der Waals surface area contributed by atoms with Crippen LogP contribution >= 0.6 is 0 Å². The first-order chi connectivity index (χ1) is 17.6. The fourth-order valence-corrected chi connectivity index (χ4v) is 4.07. The fourth-order valence-electron chi connectivity index (χ4n) is 4.07. The van der Waals surface area contributed by atoms with E-state index >= 15 is 0 Å². The molecule has 0 saturated heterocycles. The van der Waals surface area contributed by atoms with Crippen LogP contribution in [0.15, 0.2) is 84.9 Å². The highest BCUT2D eigenvalue weighted by Crippen LogP contribution is 2.35. The Morgan fingerprint density at radius 2 is 1.47 bits per heavy atom. The third kappa shape index (κ3) is 5.60. The van der Waals surface area contributed by atoms with Gasteiger partial charge in [-0.3, -0.25) is 0 Å². The molecule has 0 aliphatic rings. The maximum absolute atomic E-state index is 9.99. The molecule has 6 nitrogen and oxygen atoms in total. The number of phenols is 1. The van der Waals surface area contributed by atoms with Gasteiger partial charge in [-0.05, 0) is 17.2 Å². The van der Waals surface area contributed by atoms with Gasteiger partial charge in [0.2, 0.25) is 0 Å². The second kappa shape index (κ2) is 11.8. The lowest BCUT2D eigenvalue weighted by atomic mass is 9.96. The number of hydrogen-bond acceptors (Lipinski definition) is 6. The average molecular weight is 481 g/mol. The number of aromatic hydroxyl groups is 1. The summed E-state index contributed by atoms with van der Waals surface area (Å²) in [6.07, 6.45) is 0. The van der Waals surface area contributed by atoms with Crippen LogP contribution in [0.1, 0.15) is 22.3 Å². The van der Waals surface area contributed by atoms with E-state index in [4.69, 9.17) is 14.2 Å². The number of benzene rings is 4. The van der Waals surface area contributed by atoms with E-state index in [1.807, 2.05) is 72.8 Å². The van der Waals surface area contributed by atoms with Gasteiger partial charge < -0.3 is 24.6 Å². The van der Waals surface area contributed by atoms with Gasteiger partial charge >= 0.3 is 0 Å². The molecule has 2 N–H and O–H groups in total. The molecule has 0 heterocycles. The van der Waals surface area contributed by atoms with Crippen molar-refractivity contribution in [2.45, 2.75) is 19.7 Å². The van der Waals surface area contributed by atoms with E-state index in [-0.39, 0.29) is 12.4 Å². The largest absolute Gasteiger partial charge is 0.508 e. The molecule has 0 aliphatic carbocycles. The Kier molecular flexibility index (Phi) is 8.07. The standard InChI is InChI=1S/C30H28N2O4/c1-34-29-15-24(16-30(35-2)27(29)19-32-18-22-11-6-7-14-28(22)33)36-20-23-12-8-13-25(26(23)17-31)21-9-4-3-5-10-21/h3-16,32-33H,18-20H2,1-2H3. The van der Waals surface area contributed by atoms with Crippen molar-refractivity contribution in [3.63, 3.8) is 0 Å². The number of nitrogens with zero attached hydrogens (tertiary/aromatic N) is 1. The molecular weight excluding hydrogens is 452 g/mol. The first kappa shape index (κ1) is 24.6. The van der Waals surface area contributed by atoms with Gasteiger partial charge in [0.25, 0.3) is 0 Å². The maximum atomic E-state index is 9.99. The van der Waals surface area contributed by atoms with E-state index in [1.54, 1.807) is 26.4 Å². The van der Waals surface area contributed by atoms with Crippen LogP contribution in [0.25, 0.3) is 11.1 Å². The van der Waals surface area contributed by atoms with Crippen LogP contribution in [0.2, 0.25) is 0 Å². The van der Waals surface area contributed by atoms with E-state index in [2.05, 4.69) is 11.4 Å². The Morgan fingerprint density at radius 3 is 2.14 bits per heavy atom. The topological polar surface area (TPSA) is 83.7 Å². The third-order valence-electron chi connectivity index (χ3n) is 5.93. The molecule has 4 aromatic rings. The number of nitrogens with one attached hydrogen (secondary N) is 1. The minimum atomic E-state index is 0.223. The molecule has 0 radical (unpaired) electrons. The Morgan fingerprint density at radius 1 is 0.806 bits per heavy atom. The molecule has 0 bridgehead atoms. The molecule has 36 heavy (non-hydrogen) atoms. The molecule has 4 aromatic carbocycles. The van der Waals surface area contributed by atoms with Crippen LogP contribution in [0, 0.1) is 11.3 Å². The summed E-state index contributed by atoms with van der Waals surface area (Å²) in [6, 6.07) is 28.8. The number of phenolic OH excluding ortho intramolecular Hbond substituents is 1. The second-order valence-electron chi connectivity index (χ2n) is 8.14. The number of hydrogen-bond donors (Lipinski definition) is 2. The maximum Gasteiger partial charge on any atom is 0.130 e. The summed E-state index contributed by atoms with van der Waals surface area (Å²) in [7, 11) is 3.20. The summed E-state index contributed by atoms with van der Waals surface area (Å²) >= 11 is 0. The Labute approximate surface area is 211 Å². The van der Waals surface area contributed by atoms with Gasteiger partial charge in [0.15, 0.2) is 0 Å². The molecule has 0 fully saturated rings. The van der Waals surface area contributed by atoms with Crippen molar-refractivity contribution in [2.24, 2.45) is 0 Å². The molecular formula is C30H28N2O4. The zero-order chi connectivity index (χ0) is 25.3. The summed E-state index contributed by atoms with van der Waals surface area (Å²) in [4.78, 5) is 0. The van der Waals surface area contributed by atoms with Crippen molar-refractivity contribution in [1.82, 2.24) is 5.32 Å².